The number of allylic oxidation sites excluding steroid dienone is 5. The van der Waals surface area contributed by atoms with Gasteiger partial charge in [0.2, 0.25) is 0 Å². The highest BCUT2D eigenvalue weighted by Gasteiger charge is 2.54. The van der Waals surface area contributed by atoms with Crippen LogP contribution < -0.4 is 0 Å². The molecule has 136 valence electrons. The van der Waals surface area contributed by atoms with E-state index in [-0.39, 0.29) is 0 Å². The molecule has 0 amide bonds. The Morgan fingerprint density at radius 1 is 1.16 bits per heavy atom. The van der Waals surface area contributed by atoms with Gasteiger partial charge in [-0.2, -0.15) is 0 Å². The maximum Gasteiger partial charge on any atom is 0.0811 e. The fourth-order valence-corrected chi connectivity index (χ4v) is 5.68. The number of rotatable bonds is 2. The zero-order valence-corrected chi connectivity index (χ0v) is 15.7. The Kier molecular flexibility index (Phi) is 4.12. The maximum atomic E-state index is 10.0. The van der Waals surface area contributed by atoms with Crippen LogP contribution in [0.15, 0.2) is 47.1 Å². The van der Waals surface area contributed by atoms with Crippen molar-refractivity contribution in [3.8, 4) is 0 Å². The normalized spacial score (nSPS) is 43.3. The van der Waals surface area contributed by atoms with E-state index in [0.29, 0.717) is 29.6 Å². The number of hydrogen-bond acceptors (Lipinski definition) is 2. The highest BCUT2D eigenvalue weighted by Crippen LogP contribution is 2.65. The Morgan fingerprint density at radius 3 is 2.64 bits per heavy atom. The molecule has 2 nitrogen and oxygen atoms in total. The van der Waals surface area contributed by atoms with Gasteiger partial charge in [-0.25, -0.2) is 0 Å². The van der Waals surface area contributed by atoms with Gasteiger partial charge in [0.1, 0.15) is 0 Å². The molecule has 0 saturated heterocycles. The van der Waals surface area contributed by atoms with E-state index in [2.05, 4.69) is 38.7 Å². The van der Waals surface area contributed by atoms with Crippen LogP contribution in [0.5, 0.6) is 0 Å². The van der Waals surface area contributed by atoms with Crippen molar-refractivity contribution < 1.29 is 10.2 Å². The van der Waals surface area contributed by atoms with E-state index >= 15 is 0 Å². The van der Waals surface area contributed by atoms with E-state index in [4.69, 9.17) is 0 Å². The van der Waals surface area contributed by atoms with Crippen molar-refractivity contribution in [3.05, 3.63) is 47.1 Å². The van der Waals surface area contributed by atoms with Gasteiger partial charge in [-0.3, -0.25) is 0 Å². The topological polar surface area (TPSA) is 40.5 Å². The van der Waals surface area contributed by atoms with E-state index < -0.39 is 12.2 Å². The summed E-state index contributed by atoms with van der Waals surface area (Å²) in [5, 5.41) is 20.0. The summed E-state index contributed by atoms with van der Waals surface area (Å²) < 4.78 is 0. The molecular weight excluding hydrogens is 308 g/mol. The predicted octanol–water partition coefficient (Wildman–Crippen LogP) is 4.85. The number of aliphatic hydroxyl groups is 2. The minimum absolute atomic E-state index is 0.344. The summed E-state index contributed by atoms with van der Waals surface area (Å²) in [5.41, 5.74) is 5.92. The Balaban J connectivity index is 1.58. The molecule has 0 aromatic rings. The molecule has 25 heavy (non-hydrogen) atoms. The van der Waals surface area contributed by atoms with Crippen molar-refractivity contribution >= 4 is 0 Å². The van der Waals surface area contributed by atoms with Crippen molar-refractivity contribution in [2.45, 2.75) is 77.4 Å². The van der Waals surface area contributed by atoms with Crippen molar-refractivity contribution in [1.82, 2.24) is 0 Å². The lowest BCUT2D eigenvalue weighted by Gasteiger charge is -2.43. The summed E-state index contributed by atoms with van der Waals surface area (Å²) in [6.45, 7) is 8.98. The molecule has 2 N–H and O–H groups in total. The van der Waals surface area contributed by atoms with Gasteiger partial charge in [0.25, 0.3) is 0 Å². The van der Waals surface area contributed by atoms with Crippen LogP contribution in [0.3, 0.4) is 0 Å². The van der Waals surface area contributed by atoms with E-state index in [1.54, 1.807) is 11.1 Å². The fourth-order valence-electron chi connectivity index (χ4n) is 5.68. The number of hydrogen-bond donors (Lipinski definition) is 2. The molecule has 0 aromatic carbocycles. The standard InChI is InChI=1S/C23H32O2/c1-15-17(13-18(24)14-20(15)25)7-6-16-5-4-10-23(3)19(16)8-9-21(23)22(2)11-12-22/h6-7,9,18-20,24-25H,1,4-5,8,10-14H2,2-3H3/b16-6+,17-7-/t18-,19+,20+,23+/m1/s1. The molecular formula is C23H32O2. The first kappa shape index (κ1) is 17.3. The highest BCUT2D eigenvalue weighted by molar-refractivity contribution is 5.41. The molecule has 0 spiro atoms. The molecule has 2 heteroatoms. The second kappa shape index (κ2) is 5.96. The van der Waals surface area contributed by atoms with Crippen LogP contribution in [-0.2, 0) is 0 Å². The van der Waals surface area contributed by atoms with Gasteiger partial charge in [0, 0.05) is 6.42 Å². The zero-order chi connectivity index (χ0) is 17.8. The maximum absolute atomic E-state index is 10.0. The van der Waals surface area contributed by atoms with E-state index in [0.717, 1.165) is 11.1 Å². The van der Waals surface area contributed by atoms with Crippen LogP contribution in [0.2, 0.25) is 0 Å². The Labute approximate surface area is 152 Å². The molecule has 4 atom stereocenters. The molecule has 4 aliphatic rings. The summed E-state index contributed by atoms with van der Waals surface area (Å²) in [5.74, 6) is 0.636. The summed E-state index contributed by atoms with van der Waals surface area (Å²) in [7, 11) is 0. The lowest BCUT2D eigenvalue weighted by Crippen LogP contribution is -2.33. The van der Waals surface area contributed by atoms with Crippen molar-refractivity contribution in [2.24, 2.45) is 16.7 Å². The molecule has 4 rings (SSSR count). The van der Waals surface area contributed by atoms with Crippen LogP contribution in [-0.4, -0.2) is 22.4 Å². The number of fused-ring (bicyclic) bond motifs is 1. The fraction of sp³-hybridized carbons (Fsp3) is 0.652. The van der Waals surface area contributed by atoms with Gasteiger partial charge in [0.15, 0.2) is 0 Å². The van der Waals surface area contributed by atoms with Crippen LogP contribution in [0.4, 0.5) is 0 Å². The summed E-state index contributed by atoms with van der Waals surface area (Å²) in [4.78, 5) is 0. The van der Waals surface area contributed by atoms with Gasteiger partial charge in [0.05, 0.1) is 12.2 Å². The highest BCUT2D eigenvalue weighted by atomic mass is 16.3. The minimum Gasteiger partial charge on any atom is -0.393 e. The second-order valence-corrected chi connectivity index (χ2v) is 9.31. The second-order valence-electron chi connectivity index (χ2n) is 9.31. The number of aliphatic hydroxyl groups excluding tert-OH is 2. The Morgan fingerprint density at radius 2 is 1.92 bits per heavy atom. The van der Waals surface area contributed by atoms with Crippen molar-refractivity contribution in [2.75, 3.05) is 0 Å². The zero-order valence-electron chi connectivity index (χ0n) is 15.7. The van der Waals surface area contributed by atoms with Gasteiger partial charge in [-0.05, 0) is 72.8 Å². The molecule has 3 fully saturated rings. The van der Waals surface area contributed by atoms with Crippen LogP contribution >= 0.6 is 0 Å². The molecule has 0 radical (unpaired) electrons. The SMILES string of the molecule is C=C1/C(=C\C=C2/CCC[C@]3(C)C(C4(C)CC4)=CC[C@@H]23)C[C@@H](O)C[C@@H]1O. The van der Waals surface area contributed by atoms with Crippen molar-refractivity contribution in [1.29, 1.82) is 0 Å². The average Bonchev–Trinajstić information content (AvgIpc) is 3.18. The molecule has 0 heterocycles. The Bertz CT molecular complexity index is 676. The molecule has 3 saturated carbocycles. The van der Waals surface area contributed by atoms with Gasteiger partial charge in [-0.1, -0.05) is 49.8 Å². The molecule has 0 bridgehead atoms. The van der Waals surface area contributed by atoms with E-state index in [9.17, 15) is 10.2 Å². The molecule has 0 aromatic heterocycles. The van der Waals surface area contributed by atoms with Crippen LogP contribution in [0.25, 0.3) is 0 Å². The lowest BCUT2D eigenvalue weighted by molar-refractivity contribution is 0.0862. The third kappa shape index (κ3) is 2.88. The van der Waals surface area contributed by atoms with Crippen LogP contribution in [0, 0.1) is 16.7 Å². The van der Waals surface area contributed by atoms with Crippen molar-refractivity contribution in [3.63, 3.8) is 0 Å². The van der Waals surface area contributed by atoms with Gasteiger partial charge in [-0.15, -0.1) is 0 Å². The smallest absolute Gasteiger partial charge is 0.0811 e. The molecule has 4 aliphatic carbocycles. The average molecular weight is 341 g/mol. The third-order valence-corrected chi connectivity index (χ3v) is 7.47. The largest absolute Gasteiger partial charge is 0.393 e. The van der Waals surface area contributed by atoms with Gasteiger partial charge < -0.3 is 10.2 Å². The molecule has 0 aliphatic heterocycles. The van der Waals surface area contributed by atoms with Gasteiger partial charge >= 0.3 is 0 Å². The lowest BCUT2D eigenvalue weighted by atomic mass is 9.62. The summed E-state index contributed by atoms with van der Waals surface area (Å²) >= 11 is 0. The first-order valence-corrected chi connectivity index (χ1v) is 9.99. The predicted molar refractivity (Wildman–Crippen MR) is 102 cm³/mol. The first-order valence-electron chi connectivity index (χ1n) is 9.99. The monoisotopic (exact) mass is 340 g/mol. The minimum atomic E-state index is -0.598. The third-order valence-electron chi connectivity index (χ3n) is 7.47. The summed E-state index contributed by atoms with van der Waals surface area (Å²) in [6.07, 6.45) is 14.6. The first-order chi connectivity index (χ1) is 11.8. The van der Waals surface area contributed by atoms with E-state index in [1.165, 1.54) is 38.5 Å². The Hall–Kier alpha value is -1.12. The quantitative estimate of drug-likeness (QED) is 0.706. The summed E-state index contributed by atoms with van der Waals surface area (Å²) in [6, 6.07) is 0. The molecule has 0 unspecified atom stereocenters. The van der Waals surface area contributed by atoms with E-state index in [1.807, 2.05) is 0 Å². The van der Waals surface area contributed by atoms with Crippen LogP contribution in [0.1, 0.15) is 65.2 Å².